The van der Waals surface area contributed by atoms with Gasteiger partial charge in [0.2, 0.25) is 0 Å². The fourth-order valence-corrected chi connectivity index (χ4v) is 4.45. The number of hydrogen-bond donors (Lipinski definition) is 1. The average Bonchev–Trinajstić information content (AvgIpc) is 2.60. The summed E-state index contributed by atoms with van der Waals surface area (Å²) in [5.41, 5.74) is -2.42. The third-order valence-corrected chi connectivity index (χ3v) is 6.25. The molecule has 0 radical (unpaired) electrons. The number of hydrogen-bond acceptors (Lipinski definition) is 4. The molecule has 1 aliphatic heterocycles. The molecule has 2 rings (SSSR count). The fraction of sp³-hybridized carbons (Fsp3) is 0.632. The average molecular weight is 531 g/mol. The lowest BCUT2D eigenvalue weighted by Gasteiger charge is -2.34. The van der Waals surface area contributed by atoms with Crippen LogP contribution in [0, 0.1) is 5.92 Å². The molecule has 0 atom stereocenters. The largest absolute Gasteiger partial charge is 0.444 e. The number of anilines is 1. The smallest absolute Gasteiger partial charge is 0.418 e. The Morgan fingerprint density at radius 1 is 1.26 bits per heavy atom. The summed E-state index contributed by atoms with van der Waals surface area (Å²) in [6.07, 6.45) is -3.91. The zero-order valence-electron chi connectivity index (χ0n) is 17.4. The number of carbonyl (C=O) groups excluding carboxylic acids is 1. The van der Waals surface area contributed by atoms with Crippen LogP contribution in [0.15, 0.2) is 22.7 Å². The first-order chi connectivity index (χ1) is 14.1. The quantitative estimate of drug-likeness (QED) is 0.534. The Balaban J connectivity index is 2.09. The van der Waals surface area contributed by atoms with Gasteiger partial charge in [0.1, 0.15) is 5.60 Å². The van der Waals surface area contributed by atoms with Gasteiger partial charge in [-0.3, -0.25) is 4.55 Å². The second-order valence-electron chi connectivity index (χ2n) is 8.41. The maximum Gasteiger partial charge on any atom is 0.418 e. The van der Waals surface area contributed by atoms with Gasteiger partial charge in [0.25, 0.3) is 0 Å². The summed E-state index contributed by atoms with van der Waals surface area (Å²) in [5.74, 6) is -0.0206. The van der Waals surface area contributed by atoms with E-state index >= 15 is 0 Å². The van der Waals surface area contributed by atoms with Crippen molar-refractivity contribution in [3.05, 3.63) is 28.2 Å². The Morgan fingerprint density at radius 3 is 2.32 bits per heavy atom. The number of likely N-dealkylation sites (tertiary alicyclic amines) is 1. The molecule has 31 heavy (non-hydrogen) atoms. The van der Waals surface area contributed by atoms with Crippen molar-refractivity contribution >= 4 is 38.0 Å². The van der Waals surface area contributed by atoms with E-state index in [-0.39, 0.29) is 23.4 Å². The van der Waals surface area contributed by atoms with Gasteiger partial charge < -0.3 is 9.64 Å². The Hall–Kier alpha value is -1.53. The second kappa shape index (κ2) is 9.53. The Kier molecular flexibility index (Phi) is 7.91. The summed E-state index contributed by atoms with van der Waals surface area (Å²) in [7, 11) is -4.93. The van der Waals surface area contributed by atoms with Crippen molar-refractivity contribution in [2.24, 2.45) is 5.92 Å². The lowest BCUT2D eigenvalue weighted by molar-refractivity contribution is -0.137. The molecule has 0 aromatic heterocycles. The molecule has 176 valence electrons. The molecule has 12 heteroatoms. The first-order valence-electron chi connectivity index (χ1n) is 9.68. The van der Waals surface area contributed by atoms with Crippen LogP contribution >= 0.6 is 15.9 Å². The van der Waals surface area contributed by atoms with E-state index in [2.05, 4.69) is 15.9 Å². The third kappa shape index (κ3) is 7.53. The van der Waals surface area contributed by atoms with Crippen molar-refractivity contribution < 1.29 is 35.7 Å². The van der Waals surface area contributed by atoms with Crippen LogP contribution in [0.25, 0.3) is 0 Å². The summed E-state index contributed by atoms with van der Waals surface area (Å²) >= 11 is 2.95. The van der Waals surface area contributed by atoms with Crippen molar-refractivity contribution in [1.82, 2.24) is 4.90 Å². The molecule has 1 saturated heterocycles. The Bertz CT molecular complexity index is 895. The molecule has 7 nitrogen and oxygen atoms in total. The lowest BCUT2D eigenvalue weighted by atomic mass is 9.93. The highest BCUT2D eigenvalue weighted by Gasteiger charge is 2.37. The van der Waals surface area contributed by atoms with Gasteiger partial charge in [-0.05, 0) is 64.2 Å². The number of halogens is 4. The zero-order valence-corrected chi connectivity index (χ0v) is 19.8. The minimum atomic E-state index is -4.93. The van der Waals surface area contributed by atoms with Crippen LogP contribution in [0.3, 0.4) is 0 Å². The molecule has 0 bridgehead atoms. The van der Waals surface area contributed by atoms with Crippen LogP contribution in [-0.2, 0) is 21.2 Å². The number of amides is 1. The lowest BCUT2D eigenvalue weighted by Crippen LogP contribution is -2.42. The minimum Gasteiger partial charge on any atom is -0.444 e. The minimum absolute atomic E-state index is 0.0206. The van der Waals surface area contributed by atoms with Crippen LogP contribution in [-0.4, -0.2) is 49.2 Å². The van der Waals surface area contributed by atoms with Crippen molar-refractivity contribution in [2.75, 3.05) is 23.9 Å². The van der Waals surface area contributed by atoms with Crippen molar-refractivity contribution in [3.8, 4) is 0 Å². The molecule has 1 fully saturated rings. The summed E-state index contributed by atoms with van der Waals surface area (Å²) < 4.78 is 79.5. The number of piperidine rings is 1. The van der Waals surface area contributed by atoms with Gasteiger partial charge in [-0.15, -0.1) is 0 Å². The molecule has 0 unspecified atom stereocenters. The third-order valence-electron chi connectivity index (χ3n) is 4.82. The number of rotatable bonds is 5. The number of ether oxygens (including phenoxy) is 1. The summed E-state index contributed by atoms with van der Waals surface area (Å²) in [5, 5.41) is 0. The summed E-state index contributed by atoms with van der Waals surface area (Å²) in [4.78, 5) is 13.7. The molecule has 1 aromatic rings. The topological polar surface area (TPSA) is 87.2 Å². The van der Waals surface area contributed by atoms with Crippen molar-refractivity contribution in [1.29, 1.82) is 0 Å². The van der Waals surface area contributed by atoms with Crippen LogP contribution < -0.4 is 4.31 Å². The predicted octanol–water partition coefficient (Wildman–Crippen LogP) is 5.11. The van der Waals surface area contributed by atoms with Crippen LogP contribution in [0.1, 0.15) is 45.6 Å². The number of benzene rings is 1. The molecule has 1 aliphatic rings. The molecule has 1 amide bonds. The van der Waals surface area contributed by atoms with E-state index in [4.69, 9.17) is 4.74 Å². The van der Waals surface area contributed by atoms with Crippen molar-refractivity contribution in [3.63, 3.8) is 0 Å². The molecule has 1 heterocycles. The monoisotopic (exact) mass is 530 g/mol. The first kappa shape index (κ1) is 25.7. The fourth-order valence-electron chi connectivity index (χ4n) is 3.34. The second-order valence-corrected chi connectivity index (χ2v) is 10.7. The molecule has 0 aliphatic carbocycles. The molecule has 0 saturated carbocycles. The molecular weight excluding hydrogens is 505 g/mol. The molecule has 1 N–H and O–H groups in total. The normalized spacial score (nSPS) is 16.3. The number of carbonyl (C=O) groups is 1. The SMILES string of the molecule is CC(C)(C)OC(=O)N1CCC(CCN(c2ccc(Br)cc2C(F)(F)F)S(=O)(=O)O)CC1. The van der Waals surface area contributed by atoms with Gasteiger partial charge in [0.15, 0.2) is 0 Å². The highest BCUT2D eigenvalue weighted by atomic mass is 79.9. The maximum absolute atomic E-state index is 13.4. The highest BCUT2D eigenvalue weighted by molar-refractivity contribution is 9.10. The Labute approximate surface area is 188 Å². The molecule has 1 aromatic carbocycles. The standard InChI is InChI=1S/C19H26BrF3N2O5S/c1-18(2,3)30-17(26)24-9-6-13(7-10-24)8-11-25(31(27,28)29)16-5-4-14(20)12-15(16)19(21,22)23/h4-5,12-13H,6-11H2,1-3H3,(H,27,28,29). The van der Waals surface area contributed by atoms with Crippen molar-refractivity contribution in [2.45, 2.75) is 51.8 Å². The summed E-state index contributed by atoms with van der Waals surface area (Å²) in [6.45, 7) is 5.77. The van der Waals surface area contributed by atoms with Gasteiger partial charge >= 0.3 is 22.6 Å². The van der Waals surface area contributed by atoms with Gasteiger partial charge in [-0.25, -0.2) is 9.10 Å². The van der Waals surface area contributed by atoms with Crippen LogP contribution in [0.5, 0.6) is 0 Å². The van der Waals surface area contributed by atoms with E-state index in [1.165, 1.54) is 6.07 Å². The zero-order chi connectivity index (χ0) is 23.6. The first-order valence-corrected chi connectivity index (χ1v) is 11.9. The van der Waals surface area contributed by atoms with E-state index in [0.29, 0.717) is 30.2 Å². The maximum atomic E-state index is 13.4. The number of alkyl halides is 3. The van der Waals surface area contributed by atoms with Crippen LogP contribution in [0.2, 0.25) is 0 Å². The highest BCUT2D eigenvalue weighted by Crippen LogP contribution is 2.39. The van der Waals surface area contributed by atoms with E-state index in [0.717, 1.165) is 12.1 Å². The number of nitrogens with zero attached hydrogens (tertiary/aromatic N) is 2. The molecule has 0 spiro atoms. The van der Waals surface area contributed by atoms with E-state index < -0.39 is 39.4 Å². The molecular formula is C19H26BrF3N2O5S. The summed E-state index contributed by atoms with van der Waals surface area (Å²) in [6, 6.07) is 3.06. The Morgan fingerprint density at radius 2 is 1.84 bits per heavy atom. The van der Waals surface area contributed by atoms with Gasteiger partial charge in [-0.1, -0.05) is 15.9 Å². The van der Waals surface area contributed by atoms with Gasteiger partial charge in [0.05, 0.1) is 11.3 Å². The predicted molar refractivity (Wildman–Crippen MR) is 113 cm³/mol. The van der Waals surface area contributed by atoms with Gasteiger partial charge in [-0.2, -0.15) is 21.6 Å². The van der Waals surface area contributed by atoms with Gasteiger partial charge in [0, 0.05) is 24.1 Å². The van der Waals surface area contributed by atoms with Crippen LogP contribution in [0.4, 0.5) is 23.7 Å². The van der Waals surface area contributed by atoms with E-state index in [1.807, 2.05) is 0 Å². The van der Waals surface area contributed by atoms with E-state index in [9.17, 15) is 30.9 Å². The van der Waals surface area contributed by atoms with E-state index in [1.54, 1.807) is 25.7 Å².